The van der Waals surface area contributed by atoms with Gasteiger partial charge < -0.3 is 10.7 Å². The van der Waals surface area contributed by atoms with E-state index in [0.717, 1.165) is 10.9 Å². The minimum absolute atomic E-state index is 0.380. The molecule has 0 saturated heterocycles. The summed E-state index contributed by atoms with van der Waals surface area (Å²) in [7, 11) is 0. The molecule has 1 aromatic heterocycles. The van der Waals surface area contributed by atoms with Gasteiger partial charge in [-0.05, 0) is 55.9 Å². The Bertz CT molecular complexity index is 588. The van der Waals surface area contributed by atoms with Crippen molar-refractivity contribution >= 4 is 26.8 Å². The van der Waals surface area contributed by atoms with Crippen LogP contribution >= 0.6 is 15.9 Å². The van der Waals surface area contributed by atoms with Crippen LogP contribution in [0.5, 0.6) is 0 Å². The Kier molecular flexibility index (Phi) is 3.68. The van der Waals surface area contributed by atoms with Crippen molar-refractivity contribution in [1.29, 1.82) is 0 Å². The number of nitrogens with one attached hydrogen (secondary N) is 1. The first-order chi connectivity index (χ1) is 9.15. The minimum atomic E-state index is 0.380. The Hall–Kier alpha value is -0.800. The number of H-pyrrole nitrogens is 1. The summed E-state index contributed by atoms with van der Waals surface area (Å²) in [6.07, 6.45) is 6.22. The molecular formula is C16H21BrN2. The van der Waals surface area contributed by atoms with Crippen LogP contribution < -0.4 is 5.73 Å². The molecule has 1 aromatic carbocycles. The van der Waals surface area contributed by atoms with Crippen molar-refractivity contribution in [3.63, 3.8) is 0 Å². The molecule has 3 N–H and O–H groups in total. The number of benzene rings is 1. The predicted octanol–water partition coefficient (Wildman–Crippen LogP) is 4.30. The smallest absolute Gasteiger partial charge is 0.0459 e. The average Bonchev–Trinajstić information content (AvgIpc) is 2.69. The van der Waals surface area contributed by atoms with Crippen molar-refractivity contribution in [3.05, 3.63) is 33.9 Å². The highest BCUT2D eigenvalue weighted by Gasteiger charge is 2.23. The number of fused-ring (bicyclic) bond motifs is 1. The van der Waals surface area contributed by atoms with Gasteiger partial charge in [-0.3, -0.25) is 0 Å². The summed E-state index contributed by atoms with van der Waals surface area (Å²) in [6.45, 7) is 2.18. The number of aromatic amines is 1. The summed E-state index contributed by atoms with van der Waals surface area (Å²) in [5, 5.41) is 1.35. The van der Waals surface area contributed by atoms with Crippen molar-refractivity contribution in [2.45, 2.75) is 45.1 Å². The molecule has 2 atom stereocenters. The van der Waals surface area contributed by atoms with Gasteiger partial charge >= 0.3 is 0 Å². The largest absolute Gasteiger partial charge is 0.358 e. The van der Waals surface area contributed by atoms with E-state index in [-0.39, 0.29) is 0 Å². The van der Waals surface area contributed by atoms with Gasteiger partial charge in [0.1, 0.15) is 0 Å². The second kappa shape index (κ2) is 5.29. The number of aryl methyl sites for hydroxylation is 1. The average molecular weight is 321 g/mol. The Labute approximate surface area is 122 Å². The van der Waals surface area contributed by atoms with Crippen molar-refractivity contribution in [2.24, 2.45) is 11.7 Å². The van der Waals surface area contributed by atoms with Gasteiger partial charge in [-0.2, -0.15) is 0 Å². The highest BCUT2D eigenvalue weighted by atomic mass is 79.9. The number of rotatable bonds is 2. The number of hydrogen-bond donors (Lipinski definition) is 2. The third kappa shape index (κ3) is 2.59. The minimum Gasteiger partial charge on any atom is -0.358 e. The molecule has 19 heavy (non-hydrogen) atoms. The van der Waals surface area contributed by atoms with Crippen molar-refractivity contribution in [1.82, 2.24) is 4.98 Å². The van der Waals surface area contributed by atoms with Gasteiger partial charge in [0.05, 0.1) is 0 Å². The molecule has 2 aromatic rings. The lowest BCUT2D eigenvalue weighted by atomic mass is 9.81. The Morgan fingerprint density at radius 1 is 1.32 bits per heavy atom. The molecule has 2 unspecified atom stereocenters. The van der Waals surface area contributed by atoms with Crippen molar-refractivity contribution in [3.8, 4) is 0 Å². The van der Waals surface area contributed by atoms with E-state index in [9.17, 15) is 0 Å². The molecule has 1 heterocycles. The highest BCUT2D eigenvalue weighted by molar-refractivity contribution is 9.10. The quantitative estimate of drug-likeness (QED) is 0.851. The fourth-order valence-corrected chi connectivity index (χ4v) is 3.73. The molecule has 3 heteroatoms. The van der Waals surface area contributed by atoms with Crippen LogP contribution in [0.1, 0.15) is 36.9 Å². The van der Waals surface area contributed by atoms with Crippen LogP contribution in [0.15, 0.2) is 22.7 Å². The standard InChI is InChI=1S/C16H21BrN2/c1-10-13(8-11-4-2-3-5-15(11)18)14-9-12(17)6-7-16(14)19-10/h6-7,9,11,15,19H,2-5,8,18H2,1H3. The summed E-state index contributed by atoms with van der Waals surface area (Å²) in [5.74, 6) is 0.644. The third-order valence-electron chi connectivity index (χ3n) is 4.52. The molecule has 1 aliphatic carbocycles. The van der Waals surface area contributed by atoms with E-state index in [1.54, 1.807) is 0 Å². The molecule has 102 valence electrons. The van der Waals surface area contributed by atoms with Crippen LogP contribution in [0.25, 0.3) is 10.9 Å². The van der Waals surface area contributed by atoms with Gasteiger partial charge in [-0.15, -0.1) is 0 Å². The maximum atomic E-state index is 6.30. The van der Waals surface area contributed by atoms with E-state index < -0.39 is 0 Å². The monoisotopic (exact) mass is 320 g/mol. The van der Waals surface area contributed by atoms with Gasteiger partial charge in [0.25, 0.3) is 0 Å². The van der Waals surface area contributed by atoms with Gasteiger partial charge in [0.15, 0.2) is 0 Å². The first-order valence-electron chi connectivity index (χ1n) is 7.17. The normalized spacial score (nSPS) is 23.9. The van der Waals surface area contributed by atoms with Crippen LogP contribution in [0, 0.1) is 12.8 Å². The van der Waals surface area contributed by atoms with E-state index in [1.807, 2.05) is 0 Å². The van der Waals surface area contributed by atoms with Crippen LogP contribution in [-0.2, 0) is 6.42 Å². The molecule has 0 radical (unpaired) electrons. The lowest BCUT2D eigenvalue weighted by Crippen LogP contribution is -2.34. The summed E-state index contributed by atoms with van der Waals surface area (Å²) in [4.78, 5) is 3.50. The zero-order chi connectivity index (χ0) is 13.4. The molecule has 0 spiro atoms. The van der Waals surface area contributed by atoms with Gasteiger partial charge in [0, 0.05) is 27.1 Å². The molecule has 1 saturated carbocycles. The third-order valence-corrected chi connectivity index (χ3v) is 5.01. The molecule has 1 fully saturated rings. The summed E-state index contributed by atoms with van der Waals surface area (Å²) >= 11 is 3.57. The summed E-state index contributed by atoms with van der Waals surface area (Å²) < 4.78 is 1.15. The lowest BCUT2D eigenvalue weighted by Gasteiger charge is -2.28. The Morgan fingerprint density at radius 2 is 2.11 bits per heavy atom. The van der Waals surface area contributed by atoms with E-state index in [0.29, 0.717) is 12.0 Å². The van der Waals surface area contributed by atoms with E-state index in [1.165, 1.54) is 47.8 Å². The van der Waals surface area contributed by atoms with E-state index >= 15 is 0 Å². The first kappa shape index (κ1) is 13.2. The SMILES string of the molecule is Cc1[nH]c2ccc(Br)cc2c1CC1CCCCC1N. The predicted molar refractivity (Wildman–Crippen MR) is 84.4 cm³/mol. The second-order valence-corrected chi connectivity index (χ2v) is 6.75. The number of nitrogens with two attached hydrogens (primary N) is 1. The highest BCUT2D eigenvalue weighted by Crippen LogP contribution is 2.32. The van der Waals surface area contributed by atoms with Crippen LogP contribution in [0.2, 0.25) is 0 Å². The molecular weight excluding hydrogens is 300 g/mol. The lowest BCUT2D eigenvalue weighted by molar-refractivity contribution is 0.306. The maximum absolute atomic E-state index is 6.30. The topological polar surface area (TPSA) is 41.8 Å². The summed E-state index contributed by atoms with van der Waals surface area (Å²) in [5.41, 5.74) is 10.3. The fourth-order valence-electron chi connectivity index (χ4n) is 3.37. The number of hydrogen-bond acceptors (Lipinski definition) is 1. The molecule has 2 nitrogen and oxygen atoms in total. The Balaban J connectivity index is 1.95. The van der Waals surface area contributed by atoms with Gasteiger partial charge in [-0.1, -0.05) is 28.8 Å². The van der Waals surface area contributed by atoms with E-state index in [4.69, 9.17) is 5.73 Å². The maximum Gasteiger partial charge on any atom is 0.0459 e. The van der Waals surface area contributed by atoms with Crippen LogP contribution in [0.3, 0.4) is 0 Å². The number of aromatic nitrogens is 1. The zero-order valence-electron chi connectivity index (χ0n) is 11.4. The van der Waals surface area contributed by atoms with Crippen molar-refractivity contribution in [2.75, 3.05) is 0 Å². The van der Waals surface area contributed by atoms with Gasteiger partial charge in [-0.25, -0.2) is 0 Å². The van der Waals surface area contributed by atoms with Crippen molar-refractivity contribution < 1.29 is 0 Å². The second-order valence-electron chi connectivity index (χ2n) is 5.83. The molecule has 0 aliphatic heterocycles. The molecule has 1 aliphatic rings. The molecule has 0 amide bonds. The molecule has 0 bridgehead atoms. The van der Waals surface area contributed by atoms with Gasteiger partial charge in [0.2, 0.25) is 0 Å². The number of halogens is 1. The summed E-state index contributed by atoms with van der Waals surface area (Å²) in [6, 6.07) is 6.85. The Morgan fingerprint density at radius 3 is 2.89 bits per heavy atom. The van der Waals surface area contributed by atoms with E-state index in [2.05, 4.69) is 46.0 Å². The zero-order valence-corrected chi connectivity index (χ0v) is 13.0. The fraction of sp³-hybridized carbons (Fsp3) is 0.500. The van der Waals surface area contributed by atoms with Crippen LogP contribution in [-0.4, -0.2) is 11.0 Å². The first-order valence-corrected chi connectivity index (χ1v) is 7.96. The molecule has 3 rings (SSSR count). The van der Waals surface area contributed by atoms with Crippen LogP contribution in [0.4, 0.5) is 0 Å².